The SMILES string of the molecule is COc1ccccc1C=NNc1nc(-c2cccc(S(=O)(=O)N3CCOCC3)c2)cs1. The first-order chi connectivity index (χ1) is 15.1. The zero-order valence-electron chi connectivity index (χ0n) is 16.9. The van der Waals surface area contributed by atoms with Crippen molar-refractivity contribution in [3.8, 4) is 17.0 Å². The molecule has 1 aliphatic rings. The summed E-state index contributed by atoms with van der Waals surface area (Å²) in [6.07, 6.45) is 1.66. The van der Waals surface area contributed by atoms with Crippen molar-refractivity contribution in [2.75, 3.05) is 38.8 Å². The number of aromatic nitrogens is 1. The largest absolute Gasteiger partial charge is 0.496 e. The Balaban J connectivity index is 1.49. The quantitative estimate of drug-likeness (QED) is 0.431. The van der Waals surface area contributed by atoms with Gasteiger partial charge in [0.05, 0.1) is 37.1 Å². The van der Waals surface area contributed by atoms with Crippen LogP contribution >= 0.6 is 11.3 Å². The number of para-hydroxylation sites is 1. The van der Waals surface area contributed by atoms with E-state index < -0.39 is 10.0 Å². The Morgan fingerprint density at radius 3 is 2.81 bits per heavy atom. The predicted octanol–water partition coefficient (Wildman–Crippen LogP) is 3.29. The summed E-state index contributed by atoms with van der Waals surface area (Å²) in [5.74, 6) is 0.728. The van der Waals surface area contributed by atoms with Crippen LogP contribution in [0.2, 0.25) is 0 Å². The van der Waals surface area contributed by atoms with Crippen LogP contribution in [0.5, 0.6) is 5.75 Å². The summed E-state index contributed by atoms with van der Waals surface area (Å²) in [6.45, 7) is 1.55. The van der Waals surface area contributed by atoms with Crippen LogP contribution in [0.1, 0.15) is 5.56 Å². The molecule has 1 aliphatic heterocycles. The van der Waals surface area contributed by atoms with Crippen LogP contribution in [0, 0.1) is 0 Å². The van der Waals surface area contributed by atoms with Crippen molar-refractivity contribution < 1.29 is 17.9 Å². The number of ether oxygens (including phenoxy) is 2. The maximum absolute atomic E-state index is 12.9. The number of nitrogens with one attached hydrogen (secondary N) is 1. The number of rotatable bonds is 7. The highest BCUT2D eigenvalue weighted by Gasteiger charge is 2.26. The van der Waals surface area contributed by atoms with Gasteiger partial charge in [-0.2, -0.15) is 9.41 Å². The van der Waals surface area contributed by atoms with Crippen molar-refractivity contribution >= 4 is 32.7 Å². The number of morpholine rings is 1. The zero-order valence-corrected chi connectivity index (χ0v) is 18.5. The average molecular weight is 459 g/mol. The Morgan fingerprint density at radius 1 is 1.19 bits per heavy atom. The molecule has 0 amide bonds. The first kappa shape index (κ1) is 21.4. The van der Waals surface area contributed by atoms with Crippen molar-refractivity contribution in [2.45, 2.75) is 4.90 Å². The average Bonchev–Trinajstić information content (AvgIpc) is 3.29. The number of hydrogen-bond donors (Lipinski definition) is 1. The van der Waals surface area contributed by atoms with Crippen LogP contribution in [-0.2, 0) is 14.8 Å². The van der Waals surface area contributed by atoms with E-state index in [0.717, 1.165) is 16.9 Å². The lowest BCUT2D eigenvalue weighted by atomic mass is 10.2. The van der Waals surface area contributed by atoms with Crippen molar-refractivity contribution in [3.05, 3.63) is 59.5 Å². The van der Waals surface area contributed by atoms with Gasteiger partial charge in [-0.05, 0) is 24.3 Å². The molecule has 8 nitrogen and oxygen atoms in total. The number of sulfonamides is 1. The van der Waals surface area contributed by atoms with Crippen LogP contribution < -0.4 is 10.2 Å². The van der Waals surface area contributed by atoms with Gasteiger partial charge in [0.2, 0.25) is 15.2 Å². The molecule has 1 fully saturated rings. The lowest BCUT2D eigenvalue weighted by Crippen LogP contribution is -2.40. The van der Waals surface area contributed by atoms with Crippen LogP contribution in [0.3, 0.4) is 0 Å². The van der Waals surface area contributed by atoms with Gasteiger partial charge >= 0.3 is 0 Å². The van der Waals surface area contributed by atoms with Crippen molar-refractivity contribution in [2.24, 2.45) is 5.10 Å². The molecule has 0 radical (unpaired) electrons. The summed E-state index contributed by atoms with van der Waals surface area (Å²) in [5.41, 5.74) is 5.16. The van der Waals surface area contributed by atoms with Crippen LogP contribution in [0.15, 0.2) is 63.9 Å². The van der Waals surface area contributed by atoms with Gasteiger partial charge in [-0.15, -0.1) is 11.3 Å². The third-order valence-corrected chi connectivity index (χ3v) is 7.39. The van der Waals surface area contributed by atoms with Crippen molar-refractivity contribution in [1.82, 2.24) is 9.29 Å². The summed E-state index contributed by atoms with van der Waals surface area (Å²) in [7, 11) is -1.95. The Hall–Kier alpha value is -2.79. The highest BCUT2D eigenvalue weighted by atomic mass is 32.2. The lowest BCUT2D eigenvalue weighted by Gasteiger charge is -2.26. The van der Waals surface area contributed by atoms with Gasteiger partial charge in [0.1, 0.15) is 5.75 Å². The minimum atomic E-state index is -3.56. The second-order valence-electron chi connectivity index (χ2n) is 6.69. The lowest BCUT2D eigenvalue weighted by molar-refractivity contribution is 0.0730. The maximum atomic E-state index is 12.9. The van der Waals surface area contributed by atoms with E-state index in [2.05, 4.69) is 15.5 Å². The van der Waals surface area contributed by atoms with Gasteiger partial charge in [0.25, 0.3) is 0 Å². The molecule has 31 heavy (non-hydrogen) atoms. The van der Waals surface area contributed by atoms with Crippen LogP contribution in [0.25, 0.3) is 11.3 Å². The Labute approximate surface area is 185 Å². The molecule has 10 heteroatoms. The summed E-state index contributed by atoms with van der Waals surface area (Å²) >= 11 is 1.39. The first-order valence-corrected chi connectivity index (χ1v) is 12.0. The van der Waals surface area contributed by atoms with Gasteiger partial charge in [0, 0.05) is 29.6 Å². The zero-order chi connectivity index (χ0) is 21.7. The Bertz CT molecular complexity index is 1170. The van der Waals surface area contributed by atoms with E-state index in [-0.39, 0.29) is 4.90 Å². The Kier molecular flexibility index (Phi) is 6.62. The molecule has 1 saturated heterocycles. The molecule has 1 N–H and O–H groups in total. The van der Waals surface area contributed by atoms with E-state index in [1.165, 1.54) is 15.6 Å². The van der Waals surface area contributed by atoms with E-state index >= 15 is 0 Å². The minimum Gasteiger partial charge on any atom is -0.496 e. The summed E-state index contributed by atoms with van der Waals surface area (Å²) in [5, 5.41) is 6.69. The van der Waals surface area contributed by atoms with Crippen molar-refractivity contribution in [3.63, 3.8) is 0 Å². The van der Waals surface area contributed by atoms with Gasteiger partial charge < -0.3 is 9.47 Å². The number of thiazole rings is 1. The third-order valence-electron chi connectivity index (χ3n) is 4.74. The number of nitrogens with zero attached hydrogens (tertiary/aromatic N) is 3. The molecular weight excluding hydrogens is 436 g/mol. The fraction of sp³-hybridized carbons (Fsp3) is 0.238. The summed E-state index contributed by atoms with van der Waals surface area (Å²) in [4.78, 5) is 4.78. The number of methoxy groups -OCH3 is 1. The highest BCUT2D eigenvalue weighted by Crippen LogP contribution is 2.28. The molecule has 0 atom stereocenters. The molecule has 0 unspecified atom stereocenters. The van der Waals surface area contributed by atoms with Gasteiger partial charge in [-0.25, -0.2) is 13.4 Å². The van der Waals surface area contributed by atoms with E-state index in [9.17, 15) is 8.42 Å². The molecule has 4 rings (SSSR count). The number of benzene rings is 2. The number of anilines is 1. The first-order valence-electron chi connectivity index (χ1n) is 9.64. The van der Waals surface area contributed by atoms with E-state index in [1.807, 2.05) is 35.7 Å². The van der Waals surface area contributed by atoms with E-state index in [0.29, 0.717) is 37.1 Å². The fourth-order valence-electron chi connectivity index (χ4n) is 3.14. The molecule has 0 aliphatic carbocycles. The molecule has 3 aromatic rings. The monoisotopic (exact) mass is 458 g/mol. The maximum Gasteiger partial charge on any atom is 0.243 e. The number of hydrazone groups is 1. The minimum absolute atomic E-state index is 0.253. The molecule has 0 spiro atoms. The van der Waals surface area contributed by atoms with E-state index in [4.69, 9.17) is 9.47 Å². The second-order valence-corrected chi connectivity index (χ2v) is 9.49. The normalized spacial score (nSPS) is 15.3. The molecule has 0 saturated carbocycles. The van der Waals surface area contributed by atoms with Gasteiger partial charge in [-0.1, -0.05) is 24.3 Å². The van der Waals surface area contributed by atoms with Crippen LogP contribution in [0.4, 0.5) is 5.13 Å². The number of hydrogen-bond acceptors (Lipinski definition) is 8. The molecular formula is C21H22N4O4S2. The molecule has 0 bridgehead atoms. The van der Waals surface area contributed by atoms with E-state index in [1.54, 1.807) is 31.5 Å². The van der Waals surface area contributed by atoms with Gasteiger partial charge in [0.15, 0.2) is 0 Å². The second kappa shape index (κ2) is 9.56. The van der Waals surface area contributed by atoms with Crippen molar-refractivity contribution in [1.29, 1.82) is 0 Å². The smallest absolute Gasteiger partial charge is 0.243 e. The van der Waals surface area contributed by atoms with Crippen LogP contribution in [-0.4, -0.2) is 57.3 Å². The highest BCUT2D eigenvalue weighted by molar-refractivity contribution is 7.89. The third kappa shape index (κ3) is 4.93. The Morgan fingerprint density at radius 2 is 2.00 bits per heavy atom. The fourth-order valence-corrected chi connectivity index (χ4v) is 5.26. The molecule has 1 aromatic heterocycles. The summed E-state index contributed by atoms with van der Waals surface area (Å²) in [6, 6.07) is 14.4. The molecule has 162 valence electrons. The van der Waals surface area contributed by atoms with Gasteiger partial charge in [-0.3, -0.25) is 5.43 Å². The molecule has 2 aromatic carbocycles. The topological polar surface area (TPSA) is 93.1 Å². The predicted molar refractivity (Wildman–Crippen MR) is 121 cm³/mol. The standard InChI is InChI=1S/C21H22N4O4S2/c1-28-20-8-3-2-5-17(20)14-22-24-21-23-19(15-30-21)16-6-4-7-18(13-16)31(26,27)25-9-11-29-12-10-25/h2-8,13-15H,9-12H2,1H3,(H,23,24). The summed E-state index contributed by atoms with van der Waals surface area (Å²) < 4.78 is 37.8. The molecule has 2 heterocycles.